The van der Waals surface area contributed by atoms with Crippen molar-refractivity contribution in [3.8, 4) is 5.95 Å². The summed E-state index contributed by atoms with van der Waals surface area (Å²) in [6.07, 6.45) is 0.967. The zero-order valence-corrected chi connectivity index (χ0v) is 16.9. The maximum Gasteiger partial charge on any atom is 0.236 e. The van der Waals surface area contributed by atoms with Gasteiger partial charge in [0, 0.05) is 36.3 Å². The monoisotopic (exact) mass is 383 g/mol. The van der Waals surface area contributed by atoms with Gasteiger partial charge in [-0.05, 0) is 38.1 Å². The largest absolute Gasteiger partial charge is 0.366 e. The zero-order valence-electron chi connectivity index (χ0n) is 16.9. The maximum atomic E-state index is 5.00. The number of rotatable bonds is 4. The Bertz CT molecular complexity index is 1160. The van der Waals surface area contributed by atoms with E-state index in [1.54, 1.807) is 0 Å². The van der Waals surface area contributed by atoms with E-state index in [-0.39, 0.29) is 0 Å². The van der Waals surface area contributed by atoms with E-state index in [2.05, 4.69) is 83.4 Å². The average molecular weight is 383 g/mol. The van der Waals surface area contributed by atoms with E-state index in [9.17, 15) is 0 Å². The molecule has 3 heterocycles. The highest BCUT2D eigenvalue weighted by atomic mass is 15.2. The van der Waals surface area contributed by atoms with Gasteiger partial charge in [-0.1, -0.05) is 48.5 Å². The third-order valence-corrected chi connectivity index (χ3v) is 5.64. The van der Waals surface area contributed by atoms with Crippen LogP contribution in [-0.4, -0.2) is 33.0 Å². The van der Waals surface area contributed by atoms with Gasteiger partial charge in [-0.15, -0.1) is 0 Å². The number of hydrogen-bond acceptors (Lipinski definition) is 4. The minimum absolute atomic E-state index is 0.744. The topological polar surface area (TPSA) is 46.0 Å². The van der Waals surface area contributed by atoms with Gasteiger partial charge in [0.1, 0.15) is 5.82 Å². The minimum Gasteiger partial charge on any atom is -0.366 e. The van der Waals surface area contributed by atoms with Crippen LogP contribution >= 0.6 is 0 Å². The average Bonchev–Trinajstić information content (AvgIpc) is 3.08. The van der Waals surface area contributed by atoms with E-state index < -0.39 is 0 Å². The van der Waals surface area contributed by atoms with Gasteiger partial charge >= 0.3 is 0 Å². The molecule has 4 aromatic rings. The number of anilines is 1. The fourth-order valence-electron chi connectivity index (χ4n) is 4.13. The number of likely N-dealkylation sites (N-methyl/N-ethyl adjacent to an activating group) is 1. The molecule has 2 aromatic carbocycles. The molecule has 0 aliphatic carbocycles. The Morgan fingerprint density at radius 3 is 2.66 bits per heavy atom. The zero-order chi connectivity index (χ0) is 19.8. The van der Waals surface area contributed by atoms with Crippen LogP contribution < -0.4 is 5.32 Å². The van der Waals surface area contributed by atoms with E-state index >= 15 is 0 Å². The summed E-state index contributed by atoms with van der Waals surface area (Å²) in [6, 6.07) is 21.1. The fraction of sp³-hybridized carbons (Fsp3) is 0.250. The van der Waals surface area contributed by atoms with Crippen molar-refractivity contribution in [1.82, 2.24) is 19.4 Å². The van der Waals surface area contributed by atoms with Gasteiger partial charge < -0.3 is 10.2 Å². The molecule has 29 heavy (non-hydrogen) atoms. The number of hydrogen-bond donors (Lipinski definition) is 1. The first-order chi connectivity index (χ1) is 14.2. The first-order valence-corrected chi connectivity index (χ1v) is 10.1. The van der Waals surface area contributed by atoms with Crippen molar-refractivity contribution in [2.24, 2.45) is 0 Å². The standard InChI is InChI=1S/C24H25N5/c1-17-14-19-10-6-7-11-22(19)29(17)24-26-21-16-28(2)13-12-20(21)23(27-24)25-15-18-8-4-3-5-9-18/h3-11,14H,12-13,15-16H2,1-2H3,(H,25,26,27). The number of nitrogens with zero attached hydrogens (tertiary/aromatic N) is 4. The van der Waals surface area contributed by atoms with Gasteiger partial charge in [0.05, 0.1) is 11.2 Å². The van der Waals surface area contributed by atoms with Crippen molar-refractivity contribution in [2.75, 3.05) is 18.9 Å². The van der Waals surface area contributed by atoms with E-state index in [1.807, 2.05) is 6.07 Å². The molecular weight excluding hydrogens is 358 g/mol. The lowest BCUT2D eigenvalue weighted by Crippen LogP contribution is -2.29. The number of para-hydroxylation sites is 1. The maximum absolute atomic E-state index is 5.00. The number of benzene rings is 2. The van der Waals surface area contributed by atoms with Crippen molar-refractivity contribution in [2.45, 2.75) is 26.4 Å². The Kier molecular flexibility index (Phi) is 4.52. The Morgan fingerprint density at radius 2 is 1.79 bits per heavy atom. The number of fused-ring (bicyclic) bond motifs is 2. The lowest BCUT2D eigenvalue weighted by atomic mass is 10.1. The molecule has 0 radical (unpaired) electrons. The highest BCUT2D eigenvalue weighted by Crippen LogP contribution is 2.28. The van der Waals surface area contributed by atoms with Crippen LogP contribution in [0, 0.1) is 6.92 Å². The SMILES string of the molecule is Cc1cc2ccccc2n1-c1nc2c(c(NCc3ccccc3)n1)CCN(C)C2. The second-order valence-corrected chi connectivity index (χ2v) is 7.80. The van der Waals surface area contributed by atoms with Crippen molar-refractivity contribution >= 4 is 16.7 Å². The van der Waals surface area contributed by atoms with Crippen LogP contribution in [0.1, 0.15) is 22.5 Å². The van der Waals surface area contributed by atoms with Gasteiger partial charge in [-0.25, -0.2) is 4.98 Å². The van der Waals surface area contributed by atoms with Crippen LogP contribution in [0.25, 0.3) is 16.9 Å². The smallest absolute Gasteiger partial charge is 0.236 e. The molecule has 1 aliphatic rings. The second kappa shape index (κ2) is 7.33. The summed E-state index contributed by atoms with van der Waals surface area (Å²) in [5.41, 5.74) is 5.90. The summed E-state index contributed by atoms with van der Waals surface area (Å²) in [5.74, 6) is 1.70. The number of nitrogens with one attached hydrogen (secondary N) is 1. The molecule has 0 amide bonds. The molecule has 0 fully saturated rings. The van der Waals surface area contributed by atoms with Crippen molar-refractivity contribution in [3.63, 3.8) is 0 Å². The van der Waals surface area contributed by atoms with Crippen molar-refractivity contribution in [1.29, 1.82) is 0 Å². The summed E-state index contributed by atoms with van der Waals surface area (Å²) >= 11 is 0. The lowest BCUT2D eigenvalue weighted by molar-refractivity contribution is 0.307. The molecule has 146 valence electrons. The Balaban J connectivity index is 1.61. The third-order valence-electron chi connectivity index (χ3n) is 5.64. The first-order valence-electron chi connectivity index (χ1n) is 10.1. The van der Waals surface area contributed by atoms with E-state index in [0.29, 0.717) is 0 Å². The molecular formula is C24H25N5. The second-order valence-electron chi connectivity index (χ2n) is 7.80. The molecule has 0 saturated heterocycles. The molecule has 0 bridgehead atoms. The van der Waals surface area contributed by atoms with Gasteiger partial charge in [-0.2, -0.15) is 4.98 Å². The summed E-state index contributed by atoms with van der Waals surface area (Å²) in [5, 5.41) is 4.80. The predicted molar refractivity (Wildman–Crippen MR) is 117 cm³/mol. The molecule has 0 unspecified atom stereocenters. The molecule has 0 atom stereocenters. The van der Waals surface area contributed by atoms with Crippen LogP contribution in [0.4, 0.5) is 5.82 Å². The Labute approximate surface area is 171 Å². The van der Waals surface area contributed by atoms with Crippen LogP contribution in [0.3, 0.4) is 0 Å². The Morgan fingerprint density at radius 1 is 1.00 bits per heavy atom. The van der Waals surface area contributed by atoms with Gasteiger partial charge in [-0.3, -0.25) is 4.57 Å². The highest BCUT2D eigenvalue weighted by Gasteiger charge is 2.22. The van der Waals surface area contributed by atoms with E-state index in [0.717, 1.165) is 54.7 Å². The molecule has 5 heteroatoms. The molecule has 1 N–H and O–H groups in total. The van der Waals surface area contributed by atoms with Crippen LogP contribution in [0.5, 0.6) is 0 Å². The van der Waals surface area contributed by atoms with E-state index in [4.69, 9.17) is 9.97 Å². The van der Waals surface area contributed by atoms with Gasteiger partial charge in [0.25, 0.3) is 0 Å². The number of aromatic nitrogens is 3. The minimum atomic E-state index is 0.744. The lowest BCUT2D eigenvalue weighted by Gasteiger charge is -2.26. The predicted octanol–water partition coefficient (Wildman–Crippen LogP) is 4.33. The summed E-state index contributed by atoms with van der Waals surface area (Å²) in [6.45, 7) is 4.75. The Hall–Kier alpha value is -3.18. The highest BCUT2D eigenvalue weighted by molar-refractivity contribution is 5.82. The van der Waals surface area contributed by atoms with Gasteiger partial charge in [0.15, 0.2) is 0 Å². The normalized spacial score (nSPS) is 14.1. The third kappa shape index (κ3) is 3.38. The first kappa shape index (κ1) is 17.9. The molecule has 0 spiro atoms. The molecule has 5 rings (SSSR count). The van der Waals surface area contributed by atoms with Crippen LogP contribution in [0.2, 0.25) is 0 Å². The summed E-state index contributed by atoms with van der Waals surface area (Å²) < 4.78 is 2.16. The van der Waals surface area contributed by atoms with Crippen molar-refractivity contribution in [3.05, 3.63) is 83.2 Å². The summed E-state index contributed by atoms with van der Waals surface area (Å²) in [4.78, 5) is 12.3. The molecule has 0 saturated carbocycles. The van der Waals surface area contributed by atoms with Crippen LogP contribution in [0.15, 0.2) is 60.7 Å². The van der Waals surface area contributed by atoms with Crippen LogP contribution in [-0.2, 0) is 19.5 Å². The quantitative estimate of drug-likeness (QED) is 0.570. The molecule has 2 aromatic heterocycles. The van der Waals surface area contributed by atoms with Gasteiger partial charge in [0.2, 0.25) is 5.95 Å². The summed E-state index contributed by atoms with van der Waals surface area (Å²) in [7, 11) is 2.15. The van der Waals surface area contributed by atoms with Crippen molar-refractivity contribution < 1.29 is 0 Å². The van der Waals surface area contributed by atoms with E-state index in [1.165, 1.54) is 16.5 Å². The number of aryl methyl sites for hydroxylation is 1. The molecule has 1 aliphatic heterocycles. The fourth-order valence-corrected chi connectivity index (χ4v) is 4.13. The molecule has 5 nitrogen and oxygen atoms in total.